The van der Waals surface area contributed by atoms with Crippen molar-refractivity contribution in [2.24, 2.45) is 17.3 Å². The molecule has 0 spiro atoms. The van der Waals surface area contributed by atoms with Crippen LogP contribution in [0.4, 0.5) is 0 Å². The van der Waals surface area contributed by atoms with Crippen molar-refractivity contribution in [3.05, 3.63) is 102 Å². The fourth-order valence-electron chi connectivity index (χ4n) is 6.79. The van der Waals surface area contributed by atoms with Crippen molar-refractivity contribution in [3.8, 4) is 11.3 Å². The Morgan fingerprint density at radius 1 is 0.796 bits per heavy atom. The van der Waals surface area contributed by atoms with E-state index in [1.165, 1.54) is 44.1 Å². The monoisotopic (exact) mass is 835 g/mol. The molecular weight excluding hydrogens is 779 g/mol. The molecule has 5 aromatic rings. The molecule has 263 valence electrons. The number of carbonyl (C=O) groups excluding carboxylic acids is 1. The Hall–Kier alpha value is -3.33. The van der Waals surface area contributed by atoms with Gasteiger partial charge < -0.3 is 5.11 Å². The van der Waals surface area contributed by atoms with E-state index in [0.717, 1.165) is 48.7 Å². The van der Waals surface area contributed by atoms with Crippen LogP contribution < -0.4 is 0 Å². The van der Waals surface area contributed by atoms with Gasteiger partial charge in [0.25, 0.3) is 0 Å². The van der Waals surface area contributed by atoms with E-state index in [4.69, 9.17) is 4.98 Å². The van der Waals surface area contributed by atoms with Crippen molar-refractivity contribution in [2.45, 2.75) is 107 Å². The zero-order valence-electron chi connectivity index (χ0n) is 31.3. The van der Waals surface area contributed by atoms with E-state index in [2.05, 4.69) is 114 Å². The number of aliphatic hydroxyl groups is 1. The fourth-order valence-corrected chi connectivity index (χ4v) is 6.79. The number of fused-ring (bicyclic) bond motifs is 4. The average molecular weight is 835 g/mol. The van der Waals surface area contributed by atoms with Gasteiger partial charge in [-0.3, -0.25) is 9.78 Å². The van der Waals surface area contributed by atoms with Crippen LogP contribution in [0.2, 0.25) is 0 Å². The third-order valence-electron chi connectivity index (χ3n) is 9.52. The first-order valence-corrected chi connectivity index (χ1v) is 17.9. The maximum atomic E-state index is 11.7. The fraction of sp³-hybridized carbons (Fsp3) is 0.422. The van der Waals surface area contributed by atoms with Crippen LogP contribution >= 0.6 is 0 Å². The molecule has 1 heterocycles. The number of pyridine rings is 1. The first kappa shape index (κ1) is 40.1. The van der Waals surface area contributed by atoms with Gasteiger partial charge in [0.05, 0.1) is 5.76 Å². The molecule has 4 heteroatoms. The second kappa shape index (κ2) is 17.1. The van der Waals surface area contributed by atoms with Crippen molar-refractivity contribution in [1.82, 2.24) is 4.98 Å². The first-order valence-electron chi connectivity index (χ1n) is 17.9. The molecule has 3 nitrogen and oxygen atoms in total. The summed E-state index contributed by atoms with van der Waals surface area (Å²) in [5, 5.41) is 17.2. The zero-order valence-corrected chi connectivity index (χ0v) is 33.7. The molecule has 0 unspecified atom stereocenters. The maximum absolute atomic E-state index is 11.7. The van der Waals surface area contributed by atoms with Crippen LogP contribution in [0.1, 0.15) is 106 Å². The molecule has 5 rings (SSSR count). The summed E-state index contributed by atoms with van der Waals surface area (Å²) in [7, 11) is 0. The topological polar surface area (TPSA) is 50.2 Å². The van der Waals surface area contributed by atoms with E-state index in [9.17, 15) is 9.90 Å². The standard InChI is InChI=1S/C32H32N.C13H24O2.Ir/c1-31(2,3)20-23-11-9-13-27-25(23)15-14-21-16-17-33-30(29(21)27)24-18-22-10-7-8-12-26(22)28(19-24)32(4,5)6;1-5-10(6-2)12(14)9-13(15)11(7-3)8-4;/h7-17,19H,20H2,1-6H3;9-11,14H,5-8H2,1-4H3;/q-1;;/b;12-9-;. The Balaban J connectivity index is 0.000000347. The van der Waals surface area contributed by atoms with Crippen molar-refractivity contribution >= 4 is 38.1 Å². The summed E-state index contributed by atoms with van der Waals surface area (Å²) in [5.74, 6) is 0.547. The summed E-state index contributed by atoms with van der Waals surface area (Å²) in [6.45, 7) is 21.8. The van der Waals surface area contributed by atoms with Crippen molar-refractivity contribution in [3.63, 3.8) is 0 Å². The van der Waals surface area contributed by atoms with Crippen LogP contribution in [0.3, 0.4) is 0 Å². The van der Waals surface area contributed by atoms with E-state index in [1.807, 2.05) is 33.9 Å². The van der Waals surface area contributed by atoms with Crippen LogP contribution in [0, 0.1) is 23.3 Å². The molecule has 1 N–H and O–H groups in total. The Morgan fingerprint density at radius 3 is 2.04 bits per heavy atom. The molecule has 0 atom stereocenters. The number of allylic oxidation sites excluding steroid dienone is 2. The average Bonchev–Trinajstić information content (AvgIpc) is 3.04. The predicted molar refractivity (Wildman–Crippen MR) is 207 cm³/mol. The van der Waals surface area contributed by atoms with Gasteiger partial charge in [-0.05, 0) is 76.1 Å². The van der Waals surface area contributed by atoms with Crippen LogP contribution in [-0.4, -0.2) is 15.9 Å². The number of aliphatic hydroxyl groups excluding tert-OH is 1. The minimum absolute atomic E-state index is 0. The second-order valence-corrected chi connectivity index (χ2v) is 15.5. The van der Waals surface area contributed by atoms with Gasteiger partial charge in [-0.2, -0.15) is 0 Å². The van der Waals surface area contributed by atoms with Gasteiger partial charge in [-0.1, -0.05) is 129 Å². The van der Waals surface area contributed by atoms with Gasteiger partial charge in [0.2, 0.25) is 0 Å². The van der Waals surface area contributed by atoms with Crippen molar-refractivity contribution < 1.29 is 30.0 Å². The van der Waals surface area contributed by atoms with Gasteiger partial charge in [0.1, 0.15) is 0 Å². The van der Waals surface area contributed by atoms with E-state index >= 15 is 0 Å². The zero-order chi connectivity index (χ0) is 35.2. The molecule has 0 amide bonds. The predicted octanol–water partition coefficient (Wildman–Crippen LogP) is 12.8. The number of hydrogen-bond donors (Lipinski definition) is 1. The number of aromatic nitrogens is 1. The van der Waals surface area contributed by atoms with E-state index < -0.39 is 0 Å². The quantitative estimate of drug-likeness (QED) is 0.0696. The molecule has 0 fully saturated rings. The molecule has 0 saturated heterocycles. The minimum atomic E-state index is 0. The number of carbonyl (C=O) groups is 1. The van der Waals surface area contributed by atoms with Crippen LogP contribution in [0.5, 0.6) is 0 Å². The van der Waals surface area contributed by atoms with E-state index in [-0.39, 0.29) is 54.3 Å². The number of benzene rings is 4. The number of rotatable bonds is 9. The first-order chi connectivity index (χ1) is 22.7. The Kier molecular flexibility index (Phi) is 14.0. The van der Waals surface area contributed by atoms with Crippen LogP contribution in [0.15, 0.2) is 84.8 Å². The second-order valence-electron chi connectivity index (χ2n) is 15.5. The van der Waals surface area contributed by atoms with Gasteiger partial charge in [-0.15, -0.1) is 29.1 Å². The van der Waals surface area contributed by atoms with Gasteiger partial charge in [-0.25, -0.2) is 0 Å². The summed E-state index contributed by atoms with van der Waals surface area (Å²) in [6.07, 6.45) is 7.88. The van der Waals surface area contributed by atoms with Gasteiger partial charge in [0, 0.05) is 49.9 Å². The van der Waals surface area contributed by atoms with Crippen molar-refractivity contribution in [1.29, 1.82) is 0 Å². The molecule has 4 aromatic carbocycles. The third kappa shape index (κ3) is 9.68. The minimum Gasteiger partial charge on any atom is -0.512 e. The molecule has 0 aliphatic carbocycles. The largest absolute Gasteiger partial charge is 0.512 e. The number of ketones is 1. The molecule has 1 radical (unpaired) electrons. The summed E-state index contributed by atoms with van der Waals surface area (Å²) >= 11 is 0. The summed E-state index contributed by atoms with van der Waals surface area (Å²) in [4.78, 5) is 16.6. The Labute approximate surface area is 309 Å². The summed E-state index contributed by atoms with van der Waals surface area (Å²) in [5.41, 5.74) is 5.07. The summed E-state index contributed by atoms with van der Waals surface area (Å²) in [6, 6.07) is 28.0. The molecular formula is C45H56IrNO2-. The molecule has 49 heavy (non-hydrogen) atoms. The van der Waals surface area contributed by atoms with Crippen molar-refractivity contribution in [2.75, 3.05) is 0 Å². The normalized spacial score (nSPS) is 12.4. The maximum Gasteiger partial charge on any atom is 0.162 e. The van der Waals surface area contributed by atoms with Gasteiger partial charge >= 0.3 is 0 Å². The molecule has 1 aromatic heterocycles. The third-order valence-corrected chi connectivity index (χ3v) is 9.52. The smallest absolute Gasteiger partial charge is 0.162 e. The molecule has 0 bridgehead atoms. The van der Waals surface area contributed by atoms with Gasteiger partial charge in [0.15, 0.2) is 5.78 Å². The molecule has 0 saturated carbocycles. The number of nitrogens with zero attached hydrogens (tertiary/aromatic N) is 1. The SMILES string of the molecule is CC(C)(C)Cc1cccc2c1ccc1ccnc(-c3[c-]c4ccccc4c(C(C)(C)C)c3)c12.CCC(CC)C(=O)/C=C(\O)C(CC)CC.[Ir]. The van der Waals surface area contributed by atoms with E-state index in [0.29, 0.717) is 0 Å². The Bertz CT molecular complexity index is 1900. The molecule has 0 aliphatic heterocycles. The summed E-state index contributed by atoms with van der Waals surface area (Å²) < 4.78 is 0. The van der Waals surface area contributed by atoms with Crippen LogP contribution in [-0.2, 0) is 36.7 Å². The van der Waals surface area contributed by atoms with Crippen LogP contribution in [0.25, 0.3) is 43.6 Å². The Morgan fingerprint density at radius 2 is 1.43 bits per heavy atom. The molecule has 0 aliphatic rings. The van der Waals surface area contributed by atoms with E-state index in [1.54, 1.807) is 0 Å². The number of hydrogen-bond acceptors (Lipinski definition) is 3.